The van der Waals surface area contributed by atoms with Crippen molar-refractivity contribution in [1.82, 2.24) is 15.1 Å². The van der Waals surface area contributed by atoms with E-state index in [1.807, 2.05) is 38.1 Å². The predicted octanol–water partition coefficient (Wildman–Crippen LogP) is 3.41. The molecule has 1 heterocycles. The maximum atomic E-state index is 13.4. The molecular formula is C27H33N3O5. The zero-order valence-electron chi connectivity index (χ0n) is 20.6. The molecule has 0 spiro atoms. The monoisotopic (exact) mass is 479 g/mol. The lowest BCUT2D eigenvalue weighted by molar-refractivity contribution is -0.141. The van der Waals surface area contributed by atoms with Crippen molar-refractivity contribution in [1.29, 1.82) is 0 Å². The van der Waals surface area contributed by atoms with Crippen LogP contribution >= 0.6 is 0 Å². The zero-order valence-corrected chi connectivity index (χ0v) is 20.6. The quantitative estimate of drug-likeness (QED) is 0.471. The van der Waals surface area contributed by atoms with Crippen LogP contribution < -0.4 is 10.1 Å². The first kappa shape index (κ1) is 25.9. The van der Waals surface area contributed by atoms with Crippen molar-refractivity contribution in [2.45, 2.75) is 52.1 Å². The molecule has 4 amide bonds. The number of imide groups is 1. The number of methoxy groups -OCH3 is 1. The Morgan fingerprint density at radius 1 is 1.03 bits per heavy atom. The number of benzene rings is 2. The number of hydrogen-bond donors (Lipinski definition) is 1. The van der Waals surface area contributed by atoms with Gasteiger partial charge in [0.05, 0.1) is 18.2 Å². The van der Waals surface area contributed by atoms with Crippen LogP contribution in [0.25, 0.3) is 0 Å². The summed E-state index contributed by atoms with van der Waals surface area (Å²) in [6.45, 7) is 4.78. The molecule has 0 saturated heterocycles. The third-order valence-corrected chi connectivity index (χ3v) is 6.07. The SMILES string of the molecule is CCCNC(=O)C(CC)N(Cc1cccc(OC)c1)C(=O)CCCN1C(=O)c2ccccc2C1=O. The number of carbonyl (C=O) groups excluding carboxylic acids is 4. The lowest BCUT2D eigenvalue weighted by Gasteiger charge is -2.31. The Balaban J connectivity index is 1.71. The lowest BCUT2D eigenvalue weighted by Crippen LogP contribution is -2.49. The molecule has 0 radical (unpaired) electrons. The van der Waals surface area contributed by atoms with Gasteiger partial charge in [0.2, 0.25) is 11.8 Å². The van der Waals surface area contributed by atoms with E-state index < -0.39 is 6.04 Å². The molecule has 1 aliphatic heterocycles. The first-order chi connectivity index (χ1) is 16.9. The fraction of sp³-hybridized carbons (Fsp3) is 0.407. The highest BCUT2D eigenvalue weighted by Gasteiger charge is 2.35. The summed E-state index contributed by atoms with van der Waals surface area (Å²) in [4.78, 5) is 54.2. The molecule has 1 unspecified atom stereocenters. The van der Waals surface area contributed by atoms with E-state index in [9.17, 15) is 19.2 Å². The summed E-state index contributed by atoms with van der Waals surface area (Å²) in [7, 11) is 1.58. The molecule has 35 heavy (non-hydrogen) atoms. The molecular weight excluding hydrogens is 446 g/mol. The highest BCUT2D eigenvalue weighted by molar-refractivity contribution is 6.21. The van der Waals surface area contributed by atoms with Gasteiger partial charge in [-0.2, -0.15) is 0 Å². The topological polar surface area (TPSA) is 96.0 Å². The van der Waals surface area contributed by atoms with Crippen LogP contribution in [0.15, 0.2) is 48.5 Å². The number of amides is 4. The molecule has 1 atom stereocenters. The normalized spacial score (nSPS) is 13.4. The first-order valence-corrected chi connectivity index (χ1v) is 12.1. The Labute approximate surface area is 206 Å². The fourth-order valence-electron chi connectivity index (χ4n) is 4.23. The standard InChI is InChI=1S/C27H33N3O5/c1-4-15-28-25(32)23(5-2)30(18-19-10-8-11-20(17-19)35-3)24(31)14-9-16-29-26(33)21-12-6-7-13-22(21)27(29)34/h6-8,10-13,17,23H,4-5,9,14-16,18H2,1-3H3,(H,28,32). The van der Waals surface area contributed by atoms with Gasteiger partial charge in [0.25, 0.3) is 11.8 Å². The van der Waals surface area contributed by atoms with E-state index in [0.29, 0.717) is 36.3 Å². The molecule has 3 rings (SSSR count). The maximum Gasteiger partial charge on any atom is 0.261 e. The van der Waals surface area contributed by atoms with E-state index in [1.165, 1.54) is 4.90 Å². The van der Waals surface area contributed by atoms with Crippen LogP contribution in [0.5, 0.6) is 5.75 Å². The van der Waals surface area contributed by atoms with Crippen LogP contribution in [0.4, 0.5) is 0 Å². The largest absolute Gasteiger partial charge is 0.497 e. The fourth-order valence-corrected chi connectivity index (χ4v) is 4.23. The molecule has 0 fully saturated rings. The van der Waals surface area contributed by atoms with Gasteiger partial charge in [-0.05, 0) is 49.1 Å². The summed E-state index contributed by atoms with van der Waals surface area (Å²) in [5, 5.41) is 2.89. The molecule has 186 valence electrons. The molecule has 0 bridgehead atoms. The van der Waals surface area contributed by atoms with Gasteiger partial charge < -0.3 is 15.0 Å². The number of ether oxygens (including phenoxy) is 1. The van der Waals surface area contributed by atoms with E-state index in [1.54, 1.807) is 36.3 Å². The van der Waals surface area contributed by atoms with Crippen molar-refractivity contribution in [2.24, 2.45) is 0 Å². The van der Waals surface area contributed by atoms with Crippen molar-refractivity contribution >= 4 is 23.6 Å². The van der Waals surface area contributed by atoms with E-state index >= 15 is 0 Å². The van der Waals surface area contributed by atoms with Gasteiger partial charge in [0, 0.05) is 26.1 Å². The molecule has 1 aliphatic rings. The second-order valence-corrected chi connectivity index (χ2v) is 8.50. The number of nitrogens with one attached hydrogen (secondary N) is 1. The van der Waals surface area contributed by atoms with Crippen LogP contribution in [0, 0.1) is 0 Å². The average molecular weight is 480 g/mol. The van der Waals surface area contributed by atoms with Gasteiger partial charge in [0.15, 0.2) is 0 Å². The van der Waals surface area contributed by atoms with Crippen molar-refractivity contribution in [3.05, 3.63) is 65.2 Å². The number of carbonyl (C=O) groups is 4. The Morgan fingerprint density at radius 2 is 1.71 bits per heavy atom. The van der Waals surface area contributed by atoms with Crippen molar-refractivity contribution in [2.75, 3.05) is 20.2 Å². The third-order valence-electron chi connectivity index (χ3n) is 6.07. The smallest absolute Gasteiger partial charge is 0.261 e. The minimum absolute atomic E-state index is 0.106. The summed E-state index contributed by atoms with van der Waals surface area (Å²) in [6, 6.07) is 13.5. The number of hydrogen-bond acceptors (Lipinski definition) is 5. The molecule has 2 aromatic carbocycles. The average Bonchev–Trinajstić information content (AvgIpc) is 3.12. The minimum Gasteiger partial charge on any atom is -0.497 e. The van der Waals surface area contributed by atoms with Crippen LogP contribution in [-0.2, 0) is 16.1 Å². The highest BCUT2D eigenvalue weighted by atomic mass is 16.5. The van der Waals surface area contributed by atoms with Crippen molar-refractivity contribution in [3.8, 4) is 5.75 Å². The number of nitrogens with zero attached hydrogens (tertiary/aromatic N) is 2. The second-order valence-electron chi connectivity index (χ2n) is 8.50. The van der Waals surface area contributed by atoms with Crippen LogP contribution in [0.3, 0.4) is 0 Å². The van der Waals surface area contributed by atoms with E-state index in [-0.39, 0.29) is 43.1 Å². The van der Waals surface area contributed by atoms with E-state index in [4.69, 9.17) is 4.74 Å². The van der Waals surface area contributed by atoms with E-state index in [0.717, 1.165) is 12.0 Å². The van der Waals surface area contributed by atoms with E-state index in [2.05, 4.69) is 5.32 Å². The predicted molar refractivity (Wildman–Crippen MR) is 132 cm³/mol. The second kappa shape index (κ2) is 12.1. The van der Waals surface area contributed by atoms with Crippen LogP contribution in [0.1, 0.15) is 65.8 Å². The Hall–Kier alpha value is -3.68. The molecule has 2 aromatic rings. The number of fused-ring (bicyclic) bond motifs is 1. The minimum atomic E-state index is -0.625. The van der Waals surface area contributed by atoms with Gasteiger partial charge in [-0.25, -0.2) is 0 Å². The van der Waals surface area contributed by atoms with Crippen LogP contribution in [0.2, 0.25) is 0 Å². The summed E-state index contributed by atoms with van der Waals surface area (Å²) in [5.74, 6) is -0.397. The summed E-state index contributed by atoms with van der Waals surface area (Å²) in [6.07, 6.45) is 1.68. The Morgan fingerprint density at radius 3 is 2.31 bits per heavy atom. The molecule has 0 aromatic heterocycles. The summed E-state index contributed by atoms with van der Waals surface area (Å²) >= 11 is 0. The maximum absolute atomic E-state index is 13.4. The van der Waals surface area contributed by atoms with Gasteiger partial charge in [0.1, 0.15) is 11.8 Å². The van der Waals surface area contributed by atoms with Crippen molar-refractivity contribution in [3.63, 3.8) is 0 Å². The molecule has 1 N–H and O–H groups in total. The zero-order chi connectivity index (χ0) is 25.4. The molecule has 0 saturated carbocycles. The molecule has 8 nitrogen and oxygen atoms in total. The van der Waals surface area contributed by atoms with Gasteiger partial charge in [-0.3, -0.25) is 24.1 Å². The molecule has 8 heteroatoms. The number of rotatable bonds is 12. The highest BCUT2D eigenvalue weighted by Crippen LogP contribution is 2.23. The summed E-state index contributed by atoms with van der Waals surface area (Å²) in [5.41, 5.74) is 1.63. The Kier molecular flexibility index (Phi) is 9.00. The van der Waals surface area contributed by atoms with Gasteiger partial charge >= 0.3 is 0 Å². The van der Waals surface area contributed by atoms with Gasteiger partial charge in [-0.15, -0.1) is 0 Å². The Bertz CT molecular complexity index is 1050. The summed E-state index contributed by atoms with van der Waals surface area (Å²) < 4.78 is 5.30. The third kappa shape index (κ3) is 6.07. The van der Waals surface area contributed by atoms with Gasteiger partial charge in [-0.1, -0.05) is 38.1 Å². The van der Waals surface area contributed by atoms with Crippen LogP contribution in [-0.4, -0.2) is 59.7 Å². The molecule has 0 aliphatic carbocycles. The first-order valence-electron chi connectivity index (χ1n) is 12.1. The van der Waals surface area contributed by atoms with Crippen molar-refractivity contribution < 1.29 is 23.9 Å². The lowest BCUT2D eigenvalue weighted by atomic mass is 10.1.